The highest BCUT2D eigenvalue weighted by Gasteiger charge is 2.20. The van der Waals surface area contributed by atoms with Crippen molar-refractivity contribution in [3.8, 4) is 11.4 Å². The number of rotatable bonds is 7. The first-order valence-electron chi connectivity index (χ1n) is 11.7. The summed E-state index contributed by atoms with van der Waals surface area (Å²) in [6, 6.07) is 11.2. The number of aromatic nitrogens is 4. The van der Waals surface area contributed by atoms with Gasteiger partial charge in [-0.3, -0.25) is 0 Å². The molecule has 0 radical (unpaired) electrons. The molecular formula is C26H26ClF2N5. The number of fused-ring (bicyclic) bond motifs is 1. The fourth-order valence-corrected chi connectivity index (χ4v) is 4.90. The summed E-state index contributed by atoms with van der Waals surface area (Å²) in [5, 5.41) is 3.89. The smallest absolute Gasteiger partial charge is 0.225 e. The largest absolute Gasteiger partial charge is 0.350 e. The lowest BCUT2D eigenvalue weighted by Crippen LogP contribution is -2.12. The van der Waals surface area contributed by atoms with Gasteiger partial charge in [-0.05, 0) is 36.1 Å². The van der Waals surface area contributed by atoms with Gasteiger partial charge < -0.3 is 9.88 Å². The summed E-state index contributed by atoms with van der Waals surface area (Å²) in [6.07, 6.45) is 8.84. The molecule has 1 aliphatic rings. The van der Waals surface area contributed by atoms with E-state index in [-0.39, 0.29) is 5.56 Å². The van der Waals surface area contributed by atoms with Crippen LogP contribution in [0.5, 0.6) is 0 Å². The fourth-order valence-electron chi connectivity index (χ4n) is 4.70. The zero-order chi connectivity index (χ0) is 23.5. The van der Waals surface area contributed by atoms with Gasteiger partial charge >= 0.3 is 0 Å². The van der Waals surface area contributed by atoms with Crippen molar-refractivity contribution < 1.29 is 8.78 Å². The van der Waals surface area contributed by atoms with Gasteiger partial charge in [0.1, 0.15) is 23.0 Å². The molecule has 1 saturated carbocycles. The molecule has 0 bridgehead atoms. The van der Waals surface area contributed by atoms with Gasteiger partial charge in [0.2, 0.25) is 5.95 Å². The van der Waals surface area contributed by atoms with Crippen LogP contribution in [0.1, 0.15) is 44.1 Å². The first kappa shape index (κ1) is 22.7. The van der Waals surface area contributed by atoms with Crippen molar-refractivity contribution in [2.45, 2.75) is 51.6 Å². The zero-order valence-electron chi connectivity index (χ0n) is 18.8. The molecule has 176 valence electrons. The van der Waals surface area contributed by atoms with E-state index in [1.807, 2.05) is 28.8 Å². The maximum atomic E-state index is 14.7. The molecule has 1 fully saturated rings. The van der Waals surface area contributed by atoms with Crippen LogP contribution in [0.15, 0.2) is 48.7 Å². The number of benzene rings is 2. The molecule has 0 spiro atoms. The summed E-state index contributed by atoms with van der Waals surface area (Å²) >= 11 is 6.27. The van der Waals surface area contributed by atoms with Crippen molar-refractivity contribution in [2.75, 3.05) is 5.32 Å². The second-order valence-electron chi connectivity index (χ2n) is 8.85. The first-order valence-corrected chi connectivity index (χ1v) is 12.1. The third-order valence-electron chi connectivity index (χ3n) is 6.54. The minimum Gasteiger partial charge on any atom is -0.350 e. The maximum absolute atomic E-state index is 14.7. The summed E-state index contributed by atoms with van der Waals surface area (Å²) in [5.41, 5.74) is 2.40. The maximum Gasteiger partial charge on any atom is 0.225 e. The van der Waals surface area contributed by atoms with Gasteiger partial charge in [-0.25, -0.2) is 18.7 Å². The summed E-state index contributed by atoms with van der Waals surface area (Å²) < 4.78 is 30.2. The van der Waals surface area contributed by atoms with Crippen molar-refractivity contribution >= 4 is 28.7 Å². The second kappa shape index (κ2) is 10.1. The fraction of sp³-hybridized carbons (Fsp3) is 0.346. The van der Waals surface area contributed by atoms with E-state index in [9.17, 15) is 8.78 Å². The Bertz CT molecular complexity index is 1300. The number of imidazole rings is 1. The number of halogens is 3. The van der Waals surface area contributed by atoms with Gasteiger partial charge in [0.15, 0.2) is 5.65 Å². The highest BCUT2D eigenvalue weighted by atomic mass is 35.5. The van der Waals surface area contributed by atoms with Crippen molar-refractivity contribution in [1.82, 2.24) is 19.5 Å². The number of hydrogen-bond donors (Lipinski definition) is 1. The standard InChI is InChI=1S/C26H26ClF2N5/c27-21-9-5-4-8-18(21)15-30-26-31-16-23-25(33-26)34(13-12-17-6-2-1-3-7-17)24(32-23)20-11-10-19(28)14-22(20)29/h4-5,8-11,14,16-17H,1-3,6-7,12-13,15H2,(H,30,31,33). The molecular weight excluding hydrogens is 456 g/mol. The Balaban J connectivity index is 1.49. The lowest BCUT2D eigenvalue weighted by Gasteiger charge is -2.22. The van der Waals surface area contributed by atoms with E-state index < -0.39 is 11.6 Å². The molecule has 4 aromatic rings. The Labute approximate surface area is 202 Å². The van der Waals surface area contributed by atoms with E-state index in [0.717, 1.165) is 18.1 Å². The minimum atomic E-state index is -0.640. The lowest BCUT2D eigenvalue weighted by molar-refractivity contribution is 0.325. The monoisotopic (exact) mass is 481 g/mol. The molecule has 0 amide bonds. The molecule has 2 heterocycles. The van der Waals surface area contributed by atoms with E-state index in [1.165, 1.54) is 44.2 Å². The van der Waals surface area contributed by atoms with Crippen LogP contribution in [0.3, 0.4) is 0 Å². The van der Waals surface area contributed by atoms with Gasteiger partial charge in [0.25, 0.3) is 0 Å². The van der Waals surface area contributed by atoms with Crippen LogP contribution in [0.2, 0.25) is 5.02 Å². The average Bonchev–Trinajstić information content (AvgIpc) is 3.20. The van der Waals surface area contributed by atoms with Crippen LogP contribution >= 0.6 is 11.6 Å². The zero-order valence-corrected chi connectivity index (χ0v) is 19.5. The lowest BCUT2D eigenvalue weighted by atomic mass is 9.87. The van der Waals surface area contributed by atoms with Crippen molar-refractivity contribution in [3.05, 3.63) is 70.9 Å². The summed E-state index contributed by atoms with van der Waals surface area (Å²) in [7, 11) is 0. The topological polar surface area (TPSA) is 55.6 Å². The van der Waals surface area contributed by atoms with Crippen LogP contribution in [0, 0.1) is 17.6 Å². The van der Waals surface area contributed by atoms with Crippen molar-refractivity contribution in [1.29, 1.82) is 0 Å². The highest BCUT2D eigenvalue weighted by molar-refractivity contribution is 6.31. The predicted octanol–water partition coefficient (Wildman–Crippen LogP) is 7.01. The third-order valence-corrected chi connectivity index (χ3v) is 6.91. The number of aryl methyl sites for hydroxylation is 1. The van der Waals surface area contributed by atoms with Crippen LogP contribution in [-0.2, 0) is 13.1 Å². The van der Waals surface area contributed by atoms with Crippen molar-refractivity contribution in [3.63, 3.8) is 0 Å². The number of anilines is 1. The molecule has 1 aliphatic carbocycles. The molecule has 2 aromatic heterocycles. The van der Waals surface area contributed by atoms with Gasteiger partial charge in [0.05, 0.1) is 11.8 Å². The molecule has 0 aliphatic heterocycles. The molecule has 0 saturated heterocycles. The Morgan fingerprint density at radius 3 is 2.65 bits per heavy atom. The summed E-state index contributed by atoms with van der Waals surface area (Å²) in [5.74, 6) is 0.270. The quantitative estimate of drug-likeness (QED) is 0.308. The van der Waals surface area contributed by atoms with E-state index in [0.29, 0.717) is 47.0 Å². The van der Waals surface area contributed by atoms with E-state index in [4.69, 9.17) is 16.6 Å². The molecule has 0 atom stereocenters. The molecule has 5 rings (SSSR count). The Morgan fingerprint density at radius 2 is 1.85 bits per heavy atom. The normalized spacial score (nSPS) is 14.6. The van der Waals surface area contributed by atoms with Crippen LogP contribution in [0.4, 0.5) is 14.7 Å². The highest BCUT2D eigenvalue weighted by Crippen LogP contribution is 2.31. The molecule has 2 aromatic carbocycles. The van der Waals surface area contributed by atoms with Crippen LogP contribution < -0.4 is 5.32 Å². The molecule has 34 heavy (non-hydrogen) atoms. The molecule has 1 N–H and O–H groups in total. The van der Waals surface area contributed by atoms with E-state index in [2.05, 4.69) is 15.3 Å². The number of hydrogen-bond acceptors (Lipinski definition) is 4. The Hall–Kier alpha value is -3.06. The van der Waals surface area contributed by atoms with E-state index in [1.54, 1.807) is 6.20 Å². The Morgan fingerprint density at radius 1 is 1.03 bits per heavy atom. The van der Waals surface area contributed by atoms with Crippen LogP contribution in [0.25, 0.3) is 22.6 Å². The average molecular weight is 482 g/mol. The van der Waals surface area contributed by atoms with Gasteiger partial charge in [0, 0.05) is 24.2 Å². The van der Waals surface area contributed by atoms with Gasteiger partial charge in [-0.2, -0.15) is 4.98 Å². The third kappa shape index (κ3) is 4.89. The molecule has 0 unspecified atom stereocenters. The van der Waals surface area contributed by atoms with Gasteiger partial charge in [-0.1, -0.05) is 61.9 Å². The van der Waals surface area contributed by atoms with Crippen LogP contribution in [-0.4, -0.2) is 19.5 Å². The summed E-state index contributed by atoms with van der Waals surface area (Å²) in [4.78, 5) is 13.7. The molecule has 5 nitrogen and oxygen atoms in total. The minimum absolute atomic E-state index is 0.258. The predicted molar refractivity (Wildman–Crippen MR) is 131 cm³/mol. The molecule has 8 heteroatoms. The first-order chi connectivity index (χ1) is 16.6. The number of nitrogens with one attached hydrogen (secondary N) is 1. The van der Waals surface area contributed by atoms with Crippen molar-refractivity contribution in [2.24, 2.45) is 5.92 Å². The number of nitrogens with zero attached hydrogens (tertiary/aromatic N) is 4. The SMILES string of the molecule is Fc1ccc(-c2nc3cnc(NCc4ccccc4Cl)nc3n2CCC2CCCCC2)c(F)c1. The van der Waals surface area contributed by atoms with Gasteiger partial charge in [-0.15, -0.1) is 0 Å². The Kier molecular flexibility index (Phi) is 6.72. The van der Waals surface area contributed by atoms with E-state index >= 15 is 0 Å². The second-order valence-corrected chi connectivity index (χ2v) is 9.26. The summed E-state index contributed by atoms with van der Waals surface area (Å²) in [6.45, 7) is 1.13.